The molecule has 0 saturated heterocycles. The van der Waals surface area contributed by atoms with E-state index in [1.807, 2.05) is 6.07 Å². The van der Waals surface area contributed by atoms with Gasteiger partial charge in [-0.1, -0.05) is 23.5 Å². The van der Waals surface area contributed by atoms with E-state index in [0.29, 0.717) is 58.0 Å². The van der Waals surface area contributed by atoms with E-state index in [1.54, 1.807) is 75.9 Å². The second-order valence-corrected chi connectivity index (χ2v) is 8.76. The van der Waals surface area contributed by atoms with Gasteiger partial charge >= 0.3 is 0 Å². The minimum Gasteiger partial charge on any atom is -0.493 e. The summed E-state index contributed by atoms with van der Waals surface area (Å²) in [5.74, 6) is 1.84. The standard InChI is InChI=1S/C27H25N3O6S/c1-32-12-13-35-19-8-10-20(11-9-19)36-25(18-6-4-17(16-28)5-7-18)26(31)30-27-29-21-14-22(33-2)23(34-3)15-24(21)37-27/h4-11,14-15,25H,12-13H2,1-3H3,(H,29,30,31). The van der Waals surface area contributed by atoms with Crippen molar-refractivity contribution >= 4 is 32.6 Å². The Balaban J connectivity index is 1.57. The molecule has 0 saturated carbocycles. The molecule has 1 unspecified atom stereocenters. The van der Waals surface area contributed by atoms with E-state index >= 15 is 0 Å². The van der Waals surface area contributed by atoms with Crippen LogP contribution in [-0.4, -0.2) is 45.4 Å². The summed E-state index contributed by atoms with van der Waals surface area (Å²) in [6.45, 7) is 0.900. The molecular weight excluding hydrogens is 494 g/mol. The van der Waals surface area contributed by atoms with Crippen molar-refractivity contribution in [1.82, 2.24) is 4.98 Å². The number of amides is 1. The number of hydrogen-bond acceptors (Lipinski definition) is 9. The fraction of sp³-hybridized carbons (Fsp3) is 0.222. The number of thiazole rings is 1. The highest BCUT2D eigenvalue weighted by Gasteiger charge is 2.24. The van der Waals surface area contributed by atoms with Gasteiger partial charge in [-0.15, -0.1) is 0 Å². The Morgan fingerprint density at radius 1 is 0.973 bits per heavy atom. The zero-order chi connectivity index (χ0) is 26.2. The summed E-state index contributed by atoms with van der Waals surface area (Å²) in [6.07, 6.45) is -0.996. The number of ether oxygens (including phenoxy) is 5. The summed E-state index contributed by atoms with van der Waals surface area (Å²) in [7, 11) is 4.72. The van der Waals surface area contributed by atoms with E-state index in [2.05, 4.69) is 16.4 Å². The van der Waals surface area contributed by atoms with Crippen molar-refractivity contribution in [3.63, 3.8) is 0 Å². The monoisotopic (exact) mass is 519 g/mol. The Morgan fingerprint density at radius 2 is 1.65 bits per heavy atom. The Bertz CT molecular complexity index is 1360. The first kappa shape index (κ1) is 25.8. The number of nitrogens with zero attached hydrogens (tertiary/aromatic N) is 2. The number of benzene rings is 3. The van der Waals surface area contributed by atoms with Gasteiger partial charge < -0.3 is 23.7 Å². The summed E-state index contributed by atoms with van der Waals surface area (Å²) in [5, 5.41) is 12.4. The van der Waals surface area contributed by atoms with E-state index in [1.165, 1.54) is 11.3 Å². The number of aromatic nitrogens is 1. The largest absolute Gasteiger partial charge is 0.493 e. The van der Waals surface area contributed by atoms with Gasteiger partial charge in [0.1, 0.15) is 18.1 Å². The van der Waals surface area contributed by atoms with Crippen LogP contribution in [0.25, 0.3) is 10.2 Å². The first-order valence-electron chi connectivity index (χ1n) is 11.3. The van der Waals surface area contributed by atoms with Gasteiger partial charge in [0.2, 0.25) is 6.10 Å². The highest BCUT2D eigenvalue weighted by molar-refractivity contribution is 7.22. The van der Waals surface area contributed by atoms with Gasteiger partial charge in [-0.25, -0.2) is 4.98 Å². The first-order valence-corrected chi connectivity index (χ1v) is 12.1. The van der Waals surface area contributed by atoms with Crippen LogP contribution in [0.3, 0.4) is 0 Å². The lowest BCUT2D eigenvalue weighted by Crippen LogP contribution is -2.25. The topological polar surface area (TPSA) is 112 Å². The number of anilines is 1. The van der Waals surface area contributed by atoms with Gasteiger partial charge in [0.25, 0.3) is 5.91 Å². The van der Waals surface area contributed by atoms with E-state index in [-0.39, 0.29) is 0 Å². The average molecular weight is 520 g/mol. The van der Waals surface area contributed by atoms with Crippen molar-refractivity contribution in [3.05, 3.63) is 71.8 Å². The SMILES string of the molecule is COCCOc1ccc(OC(C(=O)Nc2nc3cc(OC)c(OC)cc3s2)c2ccc(C#N)cc2)cc1. The second-order valence-electron chi connectivity index (χ2n) is 7.73. The van der Waals surface area contributed by atoms with Gasteiger partial charge in [0, 0.05) is 24.8 Å². The van der Waals surface area contributed by atoms with Gasteiger partial charge in [-0.05, 0) is 36.4 Å². The molecule has 4 aromatic rings. The number of carbonyl (C=O) groups excluding carboxylic acids is 1. The molecule has 0 radical (unpaired) electrons. The Kier molecular flexibility index (Phi) is 8.40. The number of nitriles is 1. The molecule has 1 atom stereocenters. The molecule has 10 heteroatoms. The van der Waals surface area contributed by atoms with Crippen molar-refractivity contribution in [2.24, 2.45) is 0 Å². The molecule has 4 rings (SSSR count). The van der Waals surface area contributed by atoms with Crippen LogP contribution in [0.5, 0.6) is 23.0 Å². The minimum absolute atomic E-state index is 0.402. The van der Waals surface area contributed by atoms with Crippen molar-refractivity contribution in [2.45, 2.75) is 6.10 Å². The van der Waals surface area contributed by atoms with Crippen molar-refractivity contribution < 1.29 is 28.5 Å². The predicted molar refractivity (Wildman–Crippen MR) is 140 cm³/mol. The summed E-state index contributed by atoms with van der Waals surface area (Å²) >= 11 is 1.31. The average Bonchev–Trinajstić information content (AvgIpc) is 3.32. The summed E-state index contributed by atoms with van der Waals surface area (Å²) in [6, 6.07) is 19.3. The second kappa shape index (κ2) is 12.1. The molecule has 1 aromatic heterocycles. The third-order valence-corrected chi connectivity index (χ3v) is 6.27. The molecule has 37 heavy (non-hydrogen) atoms. The molecule has 190 valence electrons. The predicted octanol–water partition coefficient (Wildman–Crippen LogP) is 4.97. The molecule has 0 fully saturated rings. The van der Waals surface area contributed by atoms with Gasteiger partial charge in [0.05, 0.1) is 42.7 Å². The molecule has 1 N–H and O–H groups in total. The van der Waals surface area contributed by atoms with Crippen molar-refractivity contribution in [3.8, 4) is 29.1 Å². The summed E-state index contributed by atoms with van der Waals surface area (Å²) in [5.41, 5.74) is 1.73. The van der Waals surface area contributed by atoms with Crippen LogP contribution < -0.4 is 24.3 Å². The molecular formula is C27H25N3O6S. The van der Waals surface area contributed by atoms with Gasteiger partial charge in [0.15, 0.2) is 16.6 Å². The smallest absolute Gasteiger partial charge is 0.271 e. The molecule has 1 heterocycles. The molecule has 1 amide bonds. The lowest BCUT2D eigenvalue weighted by atomic mass is 10.1. The zero-order valence-corrected chi connectivity index (χ0v) is 21.3. The lowest BCUT2D eigenvalue weighted by molar-refractivity contribution is -0.123. The minimum atomic E-state index is -0.996. The number of rotatable bonds is 11. The van der Waals surface area contributed by atoms with Crippen LogP contribution in [0.1, 0.15) is 17.2 Å². The third-order valence-electron chi connectivity index (χ3n) is 5.34. The highest BCUT2D eigenvalue weighted by Crippen LogP contribution is 2.36. The van der Waals surface area contributed by atoms with Crippen molar-refractivity contribution in [2.75, 3.05) is 39.9 Å². The third kappa shape index (κ3) is 6.27. The molecule has 9 nitrogen and oxygen atoms in total. The van der Waals surface area contributed by atoms with E-state index in [9.17, 15) is 4.79 Å². The zero-order valence-electron chi connectivity index (χ0n) is 20.5. The fourth-order valence-electron chi connectivity index (χ4n) is 3.48. The van der Waals surface area contributed by atoms with E-state index < -0.39 is 12.0 Å². The van der Waals surface area contributed by atoms with Crippen molar-refractivity contribution in [1.29, 1.82) is 5.26 Å². The Hall–Kier alpha value is -4.33. The van der Waals surface area contributed by atoms with E-state index in [4.69, 9.17) is 28.9 Å². The molecule has 0 bridgehead atoms. The maximum absolute atomic E-state index is 13.4. The van der Waals surface area contributed by atoms with Crippen LogP contribution in [0.15, 0.2) is 60.7 Å². The quantitative estimate of drug-likeness (QED) is 0.277. The first-order chi connectivity index (χ1) is 18.0. The maximum Gasteiger partial charge on any atom is 0.271 e. The van der Waals surface area contributed by atoms with Crippen LogP contribution in [-0.2, 0) is 9.53 Å². The molecule has 0 aliphatic heterocycles. The highest BCUT2D eigenvalue weighted by atomic mass is 32.1. The molecule has 0 spiro atoms. The normalized spacial score (nSPS) is 11.4. The summed E-state index contributed by atoms with van der Waals surface area (Å²) < 4.78 is 28.2. The molecule has 3 aromatic carbocycles. The van der Waals surface area contributed by atoms with Crippen LogP contribution in [0, 0.1) is 11.3 Å². The number of nitrogens with one attached hydrogen (secondary N) is 1. The molecule has 0 aliphatic rings. The van der Waals surface area contributed by atoms with E-state index in [0.717, 1.165) is 4.70 Å². The summed E-state index contributed by atoms with van der Waals surface area (Å²) in [4.78, 5) is 17.9. The number of methoxy groups -OCH3 is 3. The fourth-order valence-corrected chi connectivity index (χ4v) is 4.36. The number of hydrogen-bond donors (Lipinski definition) is 1. The number of carbonyl (C=O) groups is 1. The van der Waals surface area contributed by atoms with Crippen LogP contribution in [0.4, 0.5) is 5.13 Å². The molecule has 0 aliphatic carbocycles. The lowest BCUT2D eigenvalue weighted by Gasteiger charge is -2.19. The maximum atomic E-state index is 13.4. The Labute approximate surface area is 218 Å². The number of fused-ring (bicyclic) bond motifs is 1. The van der Waals surface area contributed by atoms with Gasteiger partial charge in [-0.3, -0.25) is 10.1 Å². The van der Waals surface area contributed by atoms with Gasteiger partial charge in [-0.2, -0.15) is 5.26 Å². The Morgan fingerprint density at radius 3 is 2.30 bits per heavy atom. The van der Waals surface area contributed by atoms with Crippen LogP contribution >= 0.6 is 11.3 Å². The van der Waals surface area contributed by atoms with Crippen LogP contribution in [0.2, 0.25) is 0 Å².